The van der Waals surface area contributed by atoms with Crippen molar-refractivity contribution in [2.75, 3.05) is 39.6 Å². The lowest BCUT2D eigenvalue weighted by Crippen LogP contribution is -2.30. The van der Waals surface area contributed by atoms with E-state index in [0.717, 1.165) is 96.3 Å². The van der Waals surface area contributed by atoms with Crippen LogP contribution in [0, 0.1) is 0 Å². The van der Waals surface area contributed by atoms with Gasteiger partial charge >= 0.3 is 39.5 Å². The Morgan fingerprint density at radius 1 is 0.304 bits per heavy atom. The number of phosphoric ester groups is 2. The maximum atomic E-state index is 12.9. The van der Waals surface area contributed by atoms with Crippen molar-refractivity contribution in [2.24, 2.45) is 0 Å². The van der Waals surface area contributed by atoms with Crippen molar-refractivity contribution in [3.63, 3.8) is 0 Å². The van der Waals surface area contributed by atoms with Gasteiger partial charge in [0, 0.05) is 25.7 Å². The van der Waals surface area contributed by atoms with E-state index in [0.29, 0.717) is 25.7 Å². The van der Waals surface area contributed by atoms with Gasteiger partial charge in [0.1, 0.15) is 19.3 Å². The second kappa shape index (κ2) is 55.3. The normalized spacial score (nSPS) is 14.3. The zero-order valence-electron chi connectivity index (χ0n) is 50.3. The third-order valence-corrected chi connectivity index (χ3v) is 15.8. The molecule has 5 atom stereocenters. The SMILES string of the molecule is CCCCCCCCCCCCCCCC(=O)O[C@H](COC(=O)CCCCCCCCCCCCCC)COP(=O)(O)OC[C@@H](O)COP(=O)(O)OC[C@@H](COC(=O)CCCCCCC)OC(=O)CCCCCCCCCCC. The summed E-state index contributed by atoms with van der Waals surface area (Å²) in [5.74, 6) is -2.15. The zero-order chi connectivity index (χ0) is 58.3. The molecule has 0 spiro atoms. The van der Waals surface area contributed by atoms with Gasteiger partial charge in [0.2, 0.25) is 0 Å². The van der Waals surface area contributed by atoms with Gasteiger partial charge in [0.15, 0.2) is 12.2 Å². The van der Waals surface area contributed by atoms with Gasteiger partial charge in [-0.1, -0.05) is 252 Å². The molecule has 0 aromatic rings. The van der Waals surface area contributed by atoms with E-state index in [-0.39, 0.29) is 25.7 Å². The van der Waals surface area contributed by atoms with E-state index in [2.05, 4.69) is 27.7 Å². The summed E-state index contributed by atoms with van der Waals surface area (Å²) >= 11 is 0. The first-order chi connectivity index (χ1) is 38.2. The molecule has 0 aromatic heterocycles. The number of ether oxygens (including phenoxy) is 4. The highest BCUT2D eigenvalue weighted by atomic mass is 31.2. The predicted octanol–water partition coefficient (Wildman–Crippen LogP) is 16.4. The van der Waals surface area contributed by atoms with E-state index in [1.54, 1.807) is 0 Å². The summed E-state index contributed by atoms with van der Waals surface area (Å²) in [7, 11) is -9.87. The summed E-state index contributed by atoms with van der Waals surface area (Å²) in [6.07, 6.45) is 39.2. The number of hydrogen-bond donors (Lipinski definition) is 3. The molecule has 0 aliphatic rings. The number of phosphoric acid groups is 2. The van der Waals surface area contributed by atoms with Crippen molar-refractivity contribution in [3.8, 4) is 0 Å². The first-order valence-corrected chi connectivity index (χ1v) is 34.8. The minimum Gasteiger partial charge on any atom is -0.462 e. The number of carbonyl (C=O) groups is 4. The highest BCUT2D eigenvalue weighted by molar-refractivity contribution is 7.47. The van der Waals surface area contributed by atoms with Gasteiger partial charge in [-0.25, -0.2) is 9.13 Å². The third-order valence-electron chi connectivity index (χ3n) is 13.9. The fourth-order valence-electron chi connectivity index (χ4n) is 8.93. The molecule has 0 saturated heterocycles. The van der Waals surface area contributed by atoms with E-state index in [1.807, 2.05) is 0 Å². The first-order valence-electron chi connectivity index (χ1n) is 31.8. The zero-order valence-corrected chi connectivity index (χ0v) is 52.1. The number of hydrogen-bond acceptors (Lipinski definition) is 15. The van der Waals surface area contributed by atoms with Crippen LogP contribution in [0.15, 0.2) is 0 Å². The summed E-state index contributed by atoms with van der Waals surface area (Å²) in [6, 6.07) is 0. The Bertz CT molecular complexity index is 1540. The molecule has 0 fully saturated rings. The van der Waals surface area contributed by atoms with Gasteiger partial charge in [-0.05, 0) is 25.7 Å². The topological polar surface area (TPSA) is 237 Å². The van der Waals surface area contributed by atoms with Crippen LogP contribution in [0.1, 0.15) is 304 Å². The molecule has 0 bridgehead atoms. The largest absolute Gasteiger partial charge is 0.472 e. The highest BCUT2D eigenvalue weighted by Gasteiger charge is 2.30. The lowest BCUT2D eigenvalue weighted by atomic mass is 10.0. The fourth-order valence-corrected chi connectivity index (χ4v) is 10.5. The van der Waals surface area contributed by atoms with Crippen molar-refractivity contribution >= 4 is 39.5 Å². The summed E-state index contributed by atoms with van der Waals surface area (Å²) in [5.41, 5.74) is 0. The van der Waals surface area contributed by atoms with Crippen molar-refractivity contribution < 1.29 is 80.2 Å². The van der Waals surface area contributed by atoms with E-state index in [9.17, 15) is 43.2 Å². The van der Waals surface area contributed by atoms with Crippen LogP contribution >= 0.6 is 15.6 Å². The predicted molar refractivity (Wildman–Crippen MR) is 312 cm³/mol. The second-order valence-corrected chi connectivity index (χ2v) is 24.6. The first kappa shape index (κ1) is 77.1. The Morgan fingerprint density at radius 3 is 0.747 bits per heavy atom. The number of rotatable bonds is 61. The fraction of sp³-hybridized carbons (Fsp3) is 0.933. The summed E-state index contributed by atoms with van der Waals surface area (Å²) in [6.45, 7) is 4.77. The smallest absolute Gasteiger partial charge is 0.462 e. The maximum Gasteiger partial charge on any atom is 0.472 e. The number of aliphatic hydroxyl groups excluding tert-OH is 1. The van der Waals surface area contributed by atoms with Crippen molar-refractivity contribution in [1.82, 2.24) is 0 Å². The molecule has 3 N–H and O–H groups in total. The molecule has 0 saturated carbocycles. The highest BCUT2D eigenvalue weighted by Crippen LogP contribution is 2.45. The van der Waals surface area contributed by atoms with Crippen LogP contribution in [0.3, 0.4) is 0 Å². The molecule has 0 amide bonds. The van der Waals surface area contributed by atoms with Gasteiger partial charge in [0.05, 0.1) is 26.4 Å². The standard InChI is InChI=1S/C60H116O17P2/c1-5-9-13-17-20-23-25-27-29-32-35-39-43-47-60(65)77-56(51-71-58(63)45-41-37-33-31-28-26-24-21-18-14-10-6-2)53-75-79(68,69)73-49-54(61)48-72-78(66,67)74-52-55(50-70-57(62)44-40-36-16-12-8-4)76-59(64)46-42-38-34-30-22-19-15-11-7-3/h54-56,61H,5-53H2,1-4H3,(H,66,67)(H,68,69)/t54-,55+,56+/m0/s1. The van der Waals surface area contributed by atoms with Crippen LogP contribution in [0.5, 0.6) is 0 Å². The lowest BCUT2D eigenvalue weighted by Gasteiger charge is -2.21. The lowest BCUT2D eigenvalue weighted by molar-refractivity contribution is -0.161. The molecule has 0 rings (SSSR count). The Balaban J connectivity index is 5.17. The molecule has 2 unspecified atom stereocenters. The molecular weight excluding hydrogens is 1050 g/mol. The van der Waals surface area contributed by atoms with Gasteiger partial charge < -0.3 is 33.8 Å². The van der Waals surface area contributed by atoms with Crippen LogP contribution in [0.2, 0.25) is 0 Å². The molecule has 19 heteroatoms. The van der Waals surface area contributed by atoms with E-state index >= 15 is 0 Å². The molecule has 468 valence electrons. The average Bonchev–Trinajstić information content (AvgIpc) is 3.42. The Hall–Kier alpha value is -1.94. The second-order valence-electron chi connectivity index (χ2n) is 21.7. The van der Waals surface area contributed by atoms with Crippen LogP contribution in [-0.4, -0.2) is 96.7 Å². The average molecular weight is 1170 g/mol. The van der Waals surface area contributed by atoms with Crippen LogP contribution in [-0.2, 0) is 65.4 Å². The van der Waals surface area contributed by atoms with E-state index in [1.165, 1.54) is 128 Å². The Kier molecular flexibility index (Phi) is 53.9. The molecule has 79 heavy (non-hydrogen) atoms. The minimum absolute atomic E-state index is 0.105. The molecule has 17 nitrogen and oxygen atoms in total. The Morgan fingerprint density at radius 2 is 0.506 bits per heavy atom. The molecule has 0 aliphatic heterocycles. The van der Waals surface area contributed by atoms with Crippen LogP contribution < -0.4 is 0 Å². The molecule has 0 heterocycles. The van der Waals surface area contributed by atoms with Crippen molar-refractivity contribution in [1.29, 1.82) is 0 Å². The Labute approximate surface area is 479 Å². The van der Waals surface area contributed by atoms with Crippen LogP contribution in [0.4, 0.5) is 0 Å². The molecule has 0 radical (unpaired) electrons. The van der Waals surface area contributed by atoms with Gasteiger partial charge in [-0.3, -0.25) is 37.3 Å². The quantitative estimate of drug-likeness (QED) is 0.0222. The third kappa shape index (κ3) is 55.0. The van der Waals surface area contributed by atoms with Crippen LogP contribution in [0.25, 0.3) is 0 Å². The van der Waals surface area contributed by atoms with E-state index < -0.39 is 97.5 Å². The minimum atomic E-state index is -4.94. The number of esters is 4. The van der Waals surface area contributed by atoms with Gasteiger partial charge in [-0.2, -0.15) is 0 Å². The van der Waals surface area contributed by atoms with Crippen molar-refractivity contribution in [3.05, 3.63) is 0 Å². The van der Waals surface area contributed by atoms with E-state index in [4.69, 9.17) is 37.0 Å². The van der Waals surface area contributed by atoms with Gasteiger partial charge in [-0.15, -0.1) is 0 Å². The maximum absolute atomic E-state index is 12.9. The monoisotopic (exact) mass is 1170 g/mol. The molecular formula is C60H116O17P2. The van der Waals surface area contributed by atoms with Crippen molar-refractivity contribution in [2.45, 2.75) is 322 Å². The number of unbranched alkanes of at least 4 members (excludes halogenated alkanes) is 35. The summed E-state index contributed by atoms with van der Waals surface area (Å²) < 4.78 is 67.6. The molecule has 0 aromatic carbocycles. The molecule has 0 aliphatic carbocycles. The van der Waals surface area contributed by atoms with Gasteiger partial charge in [0.25, 0.3) is 0 Å². The number of carbonyl (C=O) groups excluding carboxylic acids is 4. The summed E-state index contributed by atoms with van der Waals surface area (Å²) in [4.78, 5) is 71.7. The number of aliphatic hydroxyl groups is 1. The summed E-state index contributed by atoms with van der Waals surface area (Å²) in [5, 5.41) is 10.5.